The van der Waals surface area contributed by atoms with Gasteiger partial charge >= 0.3 is 7.12 Å². The Morgan fingerprint density at radius 2 is 1.73 bits per heavy atom. The third-order valence-electron chi connectivity index (χ3n) is 4.35. The van der Waals surface area contributed by atoms with Crippen molar-refractivity contribution >= 4 is 28.3 Å². The molecular formula is C15H22BNO4S. The van der Waals surface area contributed by atoms with Crippen LogP contribution >= 0.6 is 0 Å². The molecule has 0 saturated carbocycles. The van der Waals surface area contributed by atoms with Gasteiger partial charge in [0, 0.05) is 12.5 Å². The zero-order valence-corrected chi connectivity index (χ0v) is 14.5. The van der Waals surface area contributed by atoms with E-state index in [0.717, 1.165) is 10.9 Å². The van der Waals surface area contributed by atoms with Crippen molar-refractivity contribution in [1.29, 1.82) is 0 Å². The number of nitrogens with zero attached hydrogens (tertiary/aromatic N) is 1. The normalized spacial score (nSPS) is 20.0. The maximum absolute atomic E-state index is 11.9. The van der Waals surface area contributed by atoms with Crippen LogP contribution in [0.1, 0.15) is 27.7 Å². The highest BCUT2D eigenvalue weighted by Gasteiger charge is 2.51. The first kappa shape index (κ1) is 17.1. The molecule has 1 saturated heterocycles. The largest absolute Gasteiger partial charge is 0.494 e. The van der Waals surface area contributed by atoms with Gasteiger partial charge in [-0.1, -0.05) is 18.7 Å². The van der Waals surface area contributed by atoms with E-state index in [0.29, 0.717) is 5.69 Å². The van der Waals surface area contributed by atoms with Crippen LogP contribution < -0.4 is 9.77 Å². The molecule has 1 fully saturated rings. The van der Waals surface area contributed by atoms with Gasteiger partial charge in [0.25, 0.3) is 10.0 Å². The van der Waals surface area contributed by atoms with E-state index >= 15 is 0 Å². The Bertz CT molecular complexity index is 669. The highest BCUT2D eigenvalue weighted by Crippen LogP contribution is 2.36. The van der Waals surface area contributed by atoms with Crippen LogP contribution in [-0.4, -0.2) is 33.8 Å². The van der Waals surface area contributed by atoms with Crippen molar-refractivity contribution < 1.29 is 17.7 Å². The number of hydrogen-bond donors (Lipinski definition) is 0. The summed E-state index contributed by atoms with van der Waals surface area (Å²) in [7, 11) is -2.56. The second-order valence-corrected chi connectivity index (χ2v) is 8.27. The van der Waals surface area contributed by atoms with Crippen LogP contribution in [0.25, 0.3) is 0 Å². The Morgan fingerprint density at radius 1 is 1.18 bits per heavy atom. The first-order valence-corrected chi connectivity index (χ1v) is 8.57. The van der Waals surface area contributed by atoms with Gasteiger partial charge in [0.2, 0.25) is 0 Å². The van der Waals surface area contributed by atoms with Crippen LogP contribution in [0.15, 0.2) is 36.3 Å². The zero-order valence-electron chi connectivity index (χ0n) is 13.7. The summed E-state index contributed by atoms with van der Waals surface area (Å²) in [5.41, 5.74) is 0.439. The molecule has 2 rings (SSSR count). The molecule has 0 bridgehead atoms. The van der Waals surface area contributed by atoms with Gasteiger partial charge < -0.3 is 9.31 Å². The van der Waals surface area contributed by atoms with E-state index < -0.39 is 28.3 Å². The Balaban J connectivity index is 2.33. The molecule has 0 aromatic heterocycles. The molecule has 0 aliphatic carbocycles. The van der Waals surface area contributed by atoms with Crippen molar-refractivity contribution in [2.24, 2.45) is 0 Å². The Labute approximate surface area is 133 Å². The monoisotopic (exact) mass is 323 g/mol. The Hall–Kier alpha value is -1.31. The molecule has 1 aliphatic heterocycles. The number of benzene rings is 1. The number of hydrogen-bond acceptors (Lipinski definition) is 4. The zero-order chi connectivity index (χ0) is 16.8. The van der Waals surface area contributed by atoms with E-state index in [2.05, 4.69) is 6.58 Å². The standard InChI is InChI=1S/C15H22BNO4S/c1-7-22(18,19)17(6)13-10-8-9-12(11-13)16-20-14(2,3)15(4,5)21-16/h7-11H,1H2,2-6H3. The summed E-state index contributed by atoms with van der Waals surface area (Å²) < 4.78 is 36.9. The van der Waals surface area contributed by atoms with E-state index in [-0.39, 0.29) is 0 Å². The fourth-order valence-electron chi connectivity index (χ4n) is 2.11. The lowest BCUT2D eigenvalue weighted by Gasteiger charge is -2.32. The van der Waals surface area contributed by atoms with Crippen molar-refractivity contribution in [3.63, 3.8) is 0 Å². The van der Waals surface area contributed by atoms with Gasteiger partial charge in [-0.05, 0) is 45.3 Å². The van der Waals surface area contributed by atoms with Gasteiger partial charge in [-0.3, -0.25) is 4.31 Å². The molecule has 1 aliphatic rings. The maximum atomic E-state index is 11.9. The van der Waals surface area contributed by atoms with Crippen LogP contribution in [-0.2, 0) is 19.3 Å². The summed E-state index contributed by atoms with van der Waals surface area (Å²) in [6.45, 7) is 11.2. The quantitative estimate of drug-likeness (QED) is 0.794. The van der Waals surface area contributed by atoms with Gasteiger partial charge in [-0.25, -0.2) is 8.42 Å². The van der Waals surface area contributed by atoms with E-state index in [1.165, 1.54) is 11.4 Å². The highest BCUT2D eigenvalue weighted by atomic mass is 32.2. The number of sulfonamides is 1. The summed E-state index contributed by atoms with van der Waals surface area (Å²) in [5, 5.41) is 0.925. The van der Waals surface area contributed by atoms with Gasteiger partial charge in [-0.2, -0.15) is 0 Å². The van der Waals surface area contributed by atoms with Crippen molar-refractivity contribution in [2.45, 2.75) is 38.9 Å². The minimum Gasteiger partial charge on any atom is -0.399 e. The van der Waals surface area contributed by atoms with Gasteiger partial charge in [-0.15, -0.1) is 0 Å². The van der Waals surface area contributed by atoms with E-state index in [4.69, 9.17) is 9.31 Å². The minimum absolute atomic E-state index is 0.438. The second kappa shape index (κ2) is 5.40. The third-order valence-corrected chi connectivity index (χ3v) is 5.75. The van der Waals surface area contributed by atoms with Crippen LogP contribution in [0.2, 0.25) is 0 Å². The molecule has 0 amide bonds. The summed E-state index contributed by atoms with van der Waals surface area (Å²) in [5.74, 6) is 0. The molecule has 1 aromatic carbocycles. The summed E-state index contributed by atoms with van der Waals surface area (Å²) in [6, 6.07) is 7.11. The van der Waals surface area contributed by atoms with Gasteiger partial charge in [0.05, 0.1) is 16.9 Å². The molecule has 22 heavy (non-hydrogen) atoms. The fourth-order valence-corrected chi connectivity index (χ4v) is 2.74. The number of rotatable bonds is 4. The number of anilines is 1. The lowest BCUT2D eigenvalue weighted by molar-refractivity contribution is 0.00578. The van der Waals surface area contributed by atoms with Crippen LogP contribution in [0, 0.1) is 0 Å². The topological polar surface area (TPSA) is 55.8 Å². The van der Waals surface area contributed by atoms with E-state index in [1.54, 1.807) is 18.2 Å². The lowest BCUT2D eigenvalue weighted by Crippen LogP contribution is -2.41. The van der Waals surface area contributed by atoms with Crippen LogP contribution in [0.3, 0.4) is 0 Å². The fraction of sp³-hybridized carbons (Fsp3) is 0.467. The molecule has 120 valence electrons. The SMILES string of the molecule is C=CS(=O)(=O)N(C)c1cccc(B2OC(C)(C)C(C)(C)O2)c1. The molecule has 1 heterocycles. The van der Waals surface area contributed by atoms with E-state index in [1.807, 2.05) is 33.8 Å². The first-order valence-electron chi connectivity index (χ1n) is 7.07. The predicted octanol–water partition coefficient (Wildman–Crippen LogP) is 1.90. The molecule has 0 N–H and O–H groups in total. The van der Waals surface area contributed by atoms with E-state index in [9.17, 15) is 8.42 Å². The van der Waals surface area contributed by atoms with Gasteiger partial charge in [0.15, 0.2) is 0 Å². The summed E-state index contributed by atoms with van der Waals surface area (Å²) >= 11 is 0. The summed E-state index contributed by atoms with van der Waals surface area (Å²) in [4.78, 5) is 0. The van der Waals surface area contributed by atoms with Crippen molar-refractivity contribution in [2.75, 3.05) is 11.4 Å². The molecule has 0 atom stereocenters. The van der Waals surface area contributed by atoms with Crippen molar-refractivity contribution in [3.05, 3.63) is 36.3 Å². The molecule has 7 heteroatoms. The highest BCUT2D eigenvalue weighted by molar-refractivity contribution is 7.95. The molecule has 0 unspecified atom stereocenters. The van der Waals surface area contributed by atoms with Crippen LogP contribution in [0.4, 0.5) is 5.69 Å². The van der Waals surface area contributed by atoms with Crippen molar-refractivity contribution in [1.82, 2.24) is 0 Å². The Morgan fingerprint density at radius 3 is 2.23 bits per heavy atom. The average Bonchev–Trinajstić information content (AvgIpc) is 2.67. The second-order valence-electron chi connectivity index (χ2n) is 6.36. The van der Waals surface area contributed by atoms with Crippen molar-refractivity contribution in [3.8, 4) is 0 Å². The molecule has 5 nitrogen and oxygen atoms in total. The maximum Gasteiger partial charge on any atom is 0.494 e. The summed E-state index contributed by atoms with van der Waals surface area (Å²) in [6.07, 6.45) is 0. The Kier molecular flexibility index (Phi) is 4.19. The van der Waals surface area contributed by atoms with Gasteiger partial charge in [0.1, 0.15) is 0 Å². The molecule has 0 radical (unpaired) electrons. The third kappa shape index (κ3) is 2.93. The lowest BCUT2D eigenvalue weighted by atomic mass is 9.79. The first-order chi connectivity index (χ1) is 10.00. The average molecular weight is 323 g/mol. The minimum atomic E-state index is -3.52. The molecule has 1 aromatic rings. The molecule has 0 spiro atoms. The van der Waals surface area contributed by atoms with Crippen LogP contribution in [0.5, 0.6) is 0 Å². The molecular weight excluding hydrogens is 301 g/mol. The smallest absolute Gasteiger partial charge is 0.399 e. The predicted molar refractivity (Wildman–Crippen MR) is 89.7 cm³/mol.